The van der Waals surface area contributed by atoms with Crippen LogP contribution in [0.2, 0.25) is 0 Å². The highest BCUT2D eigenvalue weighted by Gasteiger charge is 2.28. The molecule has 0 saturated heterocycles. The molecule has 7 heteroatoms. The highest BCUT2D eigenvalue weighted by Crippen LogP contribution is 2.57. The fourth-order valence-electron chi connectivity index (χ4n) is 2.46. The molecular formula is C19H39O5PS. The molecule has 0 rings (SSSR count). The van der Waals surface area contributed by atoms with Gasteiger partial charge in [-0.3, -0.25) is 4.55 Å². The summed E-state index contributed by atoms with van der Waals surface area (Å²) in [5.74, 6) is -1.82. The lowest BCUT2D eigenvalue weighted by atomic mass is 10.2. The highest BCUT2D eigenvalue weighted by molar-refractivity contribution is 7.85. The van der Waals surface area contributed by atoms with Gasteiger partial charge in [-0.1, -0.05) is 46.1 Å². The fourth-order valence-corrected chi connectivity index (χ4v) is 6.79. The molecule has 0 heterocycles. The Kier molecular flexibility index (Phi) is 16.7. The Morgan fingerprint density at radius 1 is 1.00 bits per heavy atom. The number of carbonyl (C=O) groups is 1. The molecule has 0 bridgehead atoms. The van der Waals surface area contributed by atoms with Crippen molar-refractivity contribution >= 4 is 23.3 Å². The standard InChI is InChI=1S/C13H30P.C6H10O5S/c1-5-8-11-14(4,12-9-6-2)13-10-7-3;1-5(6(7)8)3-2-4-12(9,10)11/h5-13H2,1-4H3;3H,2,4H2,1H3,(H,7,8)(H,9,10,11)/q+1;/p-1. The Balaban J connectivity index is 0. The van der Waals surface area contributed by atoms with E-state index in [1.165, 1.54) is 51.5 Å². The van der Waals surface area contributed by atoms with Gasteiger partial charge in [-0.05, 0) is 38.2 Å². The first-order valence-corrected chi connectivity index (χ1v) is 14.1. The molecule has 0 unspecified atom stereocenters. The zero-order valence-electron chi connectivity index (χ0n) is 17.3. The van der Waals surface area contributed by atoms with Gasteiger partial charge in [-0.25, -0.2) is 0 Å². The van der Waals surface area contributed by atoms with E-state index in [-0.39, 0.29) is 12.0 Å². The number of allylic oxidation sites excluding steroid dienone is 1. The van der Waals surface area contributed by atoms with Crippen LogP contribution in [-0.4, -0.2) is 49.8 Å². The zero-order chi connectivity index (χ0) is 20.6. The summed E-state index contributed by atoms with van der Waals surface area (Å²) in [4.78, 5) is 10.1. The Morgan fingerprint density at radius 2 is 1.38 bits per heavy atom. The number of carbonyl (C=O) groups excluding carboxylic acids is 1. The van der Waals surface area contributed by atoms with Crippen molar-refractivity contribution in [1.29, 1.82) is 0 Å². The van der Waals surface area contributed by atoms with Crippen molar-refractivity contribution in [3.05, 3.63) is 11.6 Å². The first-order valence-electron chi connectivity index (χ1n) is 9.68. The Hall–Kier alpha value is -0.450. The summed E-state index contributed by atoms with van der Waals surface area (Å²) in [6, 6.07) is 0. The van der Waals surface area contributed by atoms with Crippen LogP contribution in [0.5, 0.6) is 0 Å². The lowest BCUT2D eigenvalue weighted by molar-refractivity contribution is -0.299. The third kappa shape index (κ3) is 18.3. The molecule has 5 nitrogen and oxygen atoms in total. The number of carboxylic acids is 1. The molecule has 0 fully saturated rings. The minimum Gasteiger partial charge on any atom is -0.545 e. The summed E-state index contributed by atoms with van der Waals surface area (Å²) in [5, 5.41) is 10.1. The van der Waals surface area contributed by atoms with Crippen molar-refractivity contribution in [3.63, 3.8) is 0 Å². The van der Waals surface area contributed by atoms with Crippen LogP contribution in [0.25, 0.3) is 0 Å². The number of hydrogen-bond acceptors (Lipinski definition) is 4. The van der Waals surface area contributed by atoms with Crippen molar-refractivity contribution in [3.8, 4) is 0 Å². The maximum Gasteiger partial charge on any atom is 0.265 e. The molecule has 26 heavy (non-hydrogen) atoms. The summed E-state index contributed by atoms with van der Waals surface area (Å²) < 4.78 is 28.5. The molecule has 0 aliphatic carbocycles. The van der Waals surface area contributed by atoms with E-state index in [1.54, 1.807) is 18.5 Å². The van der Waals surface area contributed by atoms with E-state index in [9.17, 15) is 18.3 Å². The smallest absolute Gasteiger partial charge is 0.265 e. The van der Waals surface area contributed by atoms with Crippen LogP contribution in [0.1, 0.15) is 72.6 Å². The first kappa shape index (κ1) is 27.8. The fraction of sp³-hybridized carbons (Fsp3) is 0.842. The predicted molar refractivity (Wildman–Crippen MR) is 112 cm³/mol. The average Bonchev–Trinajstić information content (AvgIpc) is 2.56. The van der Waals surface area contributed by atoms with Crippen LogP contribution < -0.4 is 5.11 Å². The van der Waals surface area contributed by atoms with Gasteiger partial charge in [-0.15, -0.1) is 0 Å². The van der Waals surface area contributed by atoms with Crippen LogP contribution >= 0.6 is 7.26 Å². The molecule has 0 aliphatic heterocycles. The van der Waals surface area contributed by atoms with Crippen LogP contribution in [0.4, 0.5) is 0 Å². The van der Waals surface area contributed by atoms with E-state index >= 15 is 0 Å². The van der Waals surface area contributed by atoms with Gasteiger partial charge in [0.1, 0.15) is 0 Å². The number of hydrogen-bond donors (Lipinski definition) is 1. The SMILES string of the molecule is CC(=CCCS(=O)(=O)O)C(=O)[O-].CCCC[P+](C)(CCCC)CCCC. The summed E-state index contributed by atoms with van der Waals surface area (Å²) in [7, 11) is -4.52. The Labute approximate surface area is 161 Å². The summed E-state index contributed by atoms with van der Waals surface area (Å²) in [5.41, 5.74) is -0.0429. The molecule has 0 radical (unpaired) electrons. The summed E-state index contributed by atoms with van der Waals surface area (Å²) in [6.07, 6.45) is 14.4. The quantitative estimate of drug-likeness (QED) is 0.281. The van der Waals surface area contributed by atoms with Crippen molar-refractivity contribution < 1.29 is 22.9 Å². The third-order valence-electron chi connectivity index (χ3n) is 4.30. The largest absolute Gasteiger partial charge is 0.545 e. The molecule has 0 aromatic rings. The van der Waals surface area contributed by atoms with Crippen molar-refractivity contribution in [2.75, 3.05) is 30.9 Å². The molecule has 0 spiro atoms. The Morgan fingerprint density at radius 3 is 1.65 bits per heavy atom. The van der Waals surface area contributed by atoms with Crippen molar-refractivity contribution in [2.24, 2.45) is 0 Å². The molecule has 0 aliphatic rings. The first-order chi connectivity index (χ1) is 12.0. The van der Waals surface area contributed by atoms with Crippen molar-refractivity contribution in [1.82, 2.24) is 0 Å². The normalized spacial score (nSPS) is 12.5. The highest BCUT2D eigenvalue weighted by atomic mass is 32.2. The van der Waals surface area contributed by atoms with Gasteiger partial charge in [0.2, 0.25) is 0 Å². The van der Waals surface area contributed by atoms with E-state index in [0.29, 0.717) is 0 Å². The van der Waals surface area contributed by atoms with Gasteiger partial charge in [0.25, 0.3) is 10.1 Å². The summed E-state index contributed by atoms with van der Waals surface area (Å²) in [6.45, 7) is 10.9. The number of carboxylic acid groups (broad SMARTS) is 1. The minimum atomic E-state index is -4.00. The number of aliphatic carboxylic acids is 1. The molecular weight excluding hydrogens is 371 g/mol. The monoisotopic (exact) mass is 410 g/mol. The molecule has 0 aromatic heterocycles. The van der Waals surface area contributed by atoms with E-state index in [1.807, 2.05) is 0 Å². The molecule has 0 saturated carbocycles. The van der Waals surface area contributed by atoms with Gasteiger partial charge in [0, 0.05) is 13.9 Å². The lowest BCUT2D eigenvalue weighted by Crippen LogP contribution is -2.23. The number of rotatable bonds is 13. The molecule has 0 aromatic carbocycles. The van der Waals surface area contributed by atoms with E-state index in [2.05, 4.69) is 27.4 Å². The molecule has 156 valence electrons. The maximum atomic E-state index is 10.1. The minimum absolute atomic E-state index is 0.0291. The van der Waals surface area contributed by atoms with Crippen LogP contribution in [0.15, 0.2) is 11.6 Å². The van der Waals surface area contributed by atoms with E-state index in [4.69, 9.17) is 4.55 Å². The van der Waals surface area contributed by atoms with Gasteiger partial charge < -0.3 is 9.90 Å². The van der Waals surface area contributed by atoms with Gasteiger partial charge >= 0.3 is 0 Å². The van der Waals surface area contributed by atoms with Crippen LogP contribution in [0.3, 0.4) is 0 Å². The second-order valence-electron chi connectivity index (χ2n) is 7.10. The van der Waals surface area contributed by atoms with Gasteiger partial charge in [0.15, 0.2) is 0 Å². The van der Waals surface area contributed by atoms with E-state index in [0.717, 1.165) is 0 Å². The maximum absolute atomic E-state index is 10.1. The summed E-state index contributed by atoms with van der Waals surface area (Å²) >= 11 is 0. The van der Waals surface area contributed by atoms with E-state index < -0.39 is 29.1 Å². The average molecular weight is 411 g/mol. The molecule has 0 amide bonds. The lowest BCUT2D eigenvalue weighted by Gasteiger charge is -2.22. The van der Waals surface area contributed by atoms with Gasteiger partial charge in [-0.2, -0.15) is 8.42 Å². The van der Waals surface area contributed by atoms with Gasteiger partial charge in [0.05, 0.1) is 30.2 Å². The van der Waals surface area contributed by atoms with Crippen LogP contribution in [0, 0.1) is 0 Å². The second kappa shape index (κ2) is 15.6. The molecule has 1 N–H and O–H groups in total. The number of unbranched alkanes of at least 4 members (excludes halogenated alkanes) is 3. The zero-order valence-corrected chi connectivity index (χ0v) is 19.0. The second-order valence-corrected chi connectivity index (χ2v) is 13.3. The Bertz CT molecular complexity index is 478. The van der Waals surface area contributed by atoms with Crippen molar-refractivity contribution in [2.45, 2.75) is 72.6 Å². The van der Waals surface area contributed by atoms with Crippen LogP contribution in [-0.2, 0) is 14.9 Å². The third-order valence-corrected chi connectivity index (χ3v) is 9.24. The molecule has 0 atom stereocenters. The predicted octanol–water partition coefficient (Wildman–Crippen LogP) is 3.99. The topological polar surface area (TPSA) is 94.5 Å².